The quantitative estimate of drug-likeness (QED) is 0.734. The lowest BCUT2D eigenvalue weighted by atomic mass is 9.77. The summed E-state index contributed by atoms with van der Waals surface area (Å²) in [6.45, 7) is 0. The van der Waals surface area contributed by atoms with Gasteiger partial charge in [0.1, 0.15) is 5.82 Å². The third-order valence-corrected chi connectivity index (χ3v) is 3.49. The monoisotopic (exact) mass is 217 g/mol. The molecular weight excluding hydrogens is 201 g/mol. The number of rotatable bonds is 2. The van der Waals surface area contributed by atoms with Gasteiger partial charge in [-0.2, -0.15) is 5.26 Å². The van der Waals surface area contributed by atoms with Gasteiger partial charge < -0.3 is 0 Å². The summed E-state index contributed by atoms with van der Waals surface area (Å²) in [5.74, 6) is 0.175. The van der Waals surface area contributed by atoms with Crippen LogP contribution in [0.2, 0.25) is 0 Å². The summed E-state index contributed by atoms with van der Waals surface area (Å²) >= 11 is 0. The van der Waals surface area contributed by atoms with E-state index in [9.17, 15) is 9.65 Å². The molecular formula is C14H16FN. The Kier molecular flexibility index (Phi) is 3.56. The van der Waals surface area contributed by atoms with Crippen LogP contribution in [-0.4, -0.2) is 0 Å². The second-order valence-electron chi connectivity index (χ2n) is 4.56. The second-order valence-corrected chi connectivity index (χ2v) is 4.56. The number of halogens is 1. The summed E-state index contributed by atoms with van der Waals surface area (Å²) in [6.07, 6.45) is 6.01. The number of nitrogens with zero attached hydrogens (tertiary/aromatic N) is 1. The first-order chi connectivity index (χ1) is 7.81. The highest BCUT2D eigenvalue weighted by Crippen LogP contribution is 2.35. The van der Waals surface area contributed by atoms with Gasteiger partial charge in [-0.05, 0) is 36.5 Å². The van der Waals surface area contributed by atoms with Gasteiger partial charge in [-0.3, -0.25) is 0 Å². The van der Waals surface area contributed by atoms with Crippen molar-refractivity contribution in [2.45, 2.75) is 38.0 Å². The largest absolute Gasteiger partial charge is 0.207 e. The molecule has 1 aromatic rings. The first kappa shape index (κ1) is 11.1. The van der Waals surface area contributed by atoms with E-state index < -0.39 is 0 Å². The summed E-state index contributed by atoms with van der Waals surface area (Å²) in [5, 5.41) is 9.26. The SMILES string of the molecule is N#C[C@H](c1ccc(F)cc1)C1CCCCC1. The highest BCUT2D eigenvalue weighted by atomic mass is 19.1. The van der Waals surface area contributed by atoms with Crippen molar-refractivity contribution in [1.29, 1.82) is 5.26 Å². The Hall–Kier alpha value is -1.36. The topological polar surface area (TPSA) is 23.8 Å². The van der Waals surface area contributed by atoms with Gasteiger partial charge in [0.2, 0.25) is 0 Å². The standard InChI is InChI=1S/C14H16FN/c15-13-8-6-12(7-9-13)14(10-16)11-4-2-1-3-5-11/h6-9,11,14H,1-5H2/t14-/m0/s1. The molecule has 84 valence electrons. The van der Waals surface area contributed by atoms with E-state index in [4.69, 9.17) is 0 Å². The van der Waals surface area contributed by atoms with E-state index in [1.54, 1.807) is 12.1 Å². The van der Waals surface area contributed by atoms with E-state index in [0.717, 1.165) is 18.4 Å². The summed E-state index contributed by atoms with van der Waals surface area (Å²) in [5.41, 5.74) is 0.968. The number of nitriles is 1. The predicted octanol–water partition coefficient (Wildman–Crippen LogP) is 4.01. The number of hydrogen-bond acceptors (Lipinski definition) is 1. The van der Waals surface area contributed by atoms with Gasteiger partial charge in [-0.1, -0.05) is 31.4 Å². The van der Waals surface area contributed by atoms with Crippen molar-refractivity contribution in [3.8, 4) is 6.07 Å². The van der Waals surface area contributed by atoms with E-state index in [0.29, 0.717) is 5.92 Å². The third kappa shape index (κ3) is 2.41. The Balaban J connectivity index is 2.15. The lowest BCUT2D eigenvalue weighted by Crippen LogP contribution is -2.15. The first-order valence-electron chi connectivity index (χ1n) is 5.96. The Morgan fingerprint density at radius 3 is 2.31 bits per heavy atom. The molecule has 2 heteroatoms. The Bertz CT molecular complexity index is 371. The molecule has 1 aliphatic carbocycles. The molecule has 1 fully saturated rings. The van der Waals surface area contributed by atoms with Gasteiger partial charge in [0.15, 0.2) is 0 Å². The predicted molar refractivity (Wildman–Crippen MR) is 61.3 cm³/mol. The van der Waals surface area contributed by atoms with Crippen LogP contribution in [-0.2, 0) is 0 Å². The fraction of sp³-hybridized carbons (Fsp3) is 0.500. The number of benzene rings is 1. The average molecular weight is 217 g/mol. The zero-order chi connectivity index (χ0) is 11.4. The van der Waals surface area contributed by atoms with Gasteiger partial charge in [-0.25, -0.2) is 4.39 Å². The zero-order valence-corrected chi connectivity index (χ0v) is 9.32. The van der Waals surface area contributed by atoms with Crippen LogP contribution in [0.1, 0.15) is 43.6 Å². The van der Waals surface area contributed by atoms with Gasteiger partial charge in [0.25, 0.3) is 0 Å². The fourth-order valence-electron chi connectivity index (χ4n) is 2.59. The van der Waals surface area contributed by atoms with Gasteiger partial charge in [0.05, 0.1) is 12.0 Å². The normalized spacial score (nSPS) is 19.0. The molecule has 1 aromatic carbocycles. The third-order valence-electron chi connectivity index (χ3n) is 3.49. The summed E-state index contributed by atoms with van der Waals surface area (Å²) in [6, 6.07) is 8.77. The van der Waals surface area contributed by atoms with Crippen LogP contribution in [0.25, 0.3) is 0 Å². The van der Waals surface area contributed by atoms with Crippen LogP contribution in [0.15, 0.2) is 24.3 Å². The van der Waals surface area contributed by atoms with Crippen molar-refractivity contribution in [2.24, 2.45) is 5.92 Å². The summed E-state index contributed by atoms with van der Waals surface area (Å²) in [4.78, 5) is 0. The Morgan fingerprint density at radius 1 is 1.12 bits per heavy atom. The van der Waals surface area contributed by atoms with Crippen molar-refractivity contribution < 1.29 is 4.39 Å². The van der Waals surface area contributed by atoms with E-state index in [1.807, 2.05) is 0 Å². The Morgan fingerprint density at radius 2 is 1.75 bits per heavy atom. The van der Waals surface area contributed by atoms with Crippen molar-refractivity contribution in [2.75, 3.05) is 0 Å². The lowest BCUT2D eigenvalue weighted by Gasteiger charge is -2.25. The minimum absolute atomic E-state index is 0.0547. The molecule has 2 rings (SSSR count). The molecule has 0 aromatic heterocycles. The zero-order valence-electron chi connectivity index (χ0n) is 9.32. The Labute approximate surface area is 95.9 Å². The van der Waals surface area contributed by atoms with Crippen LogP contribution >= 0.6 is 0 Å². The summed E-state index contributed by atoms with van der Waals surface area (Å²) in [7, 11) is 0. The highest BCUT2D eigenvalue weighted by Gasteiger charge is 2.24. The molecule has 1 aliphatic rings. The van der Waals surface area contributed by atoms with Crippen molar-refractivity contribution in [3.63, 3.8) is 0 Å². The van der Waals surface area contributed by atoms with E-state index in [1.165, 1.54) is 31.4 Å². The second kappa shape index (κ2) is 5.12. The van der Waals surface area contributed by atoms with Crippen LogP contribution in [0.3, 0.4) is 0 Å². The molecule has 0 heterocycles. The van der Waals surface area contributed by atoms with E-state index in [-0.39, 0.29) is 11.7 Å². The maximum absolute atomic E-state index is 12.8. The molecule has 0 aliphatic heterocycles. The molecule has 1 nitrogen and oxygen atoms in total. The lowest BCUT2D eigenvalue weighted by molar-refractivity contribution is 0.335. The molecule has 1 atom stereocenters. The highest BCUT2D eigenvalue weighted by molar-refractivity contribution is 5.26. The van der Waals surface area contributed by atoms with Crippen LogP contribution in [0.5, 0.6) is 0 Å². The molecule has 0 bridgehead atoms. The maximum atomic E-state index is 12.8. The molecule has 0 spiro atoms. The molecule has 0 saturated heterocycles. The van der Waals surface area contributed by atoms with Gasteiger partial charge in [-0.15, -0.1) is 0 Å². The first-order valence-corrected chi connectivity index (χ1v) is 5.96. The maximum Gasteiger partial charge on any atom is 0.123 e. The molecule has 0 unspecified atom stereocenters. The van der Waals surface area contributed by atoms with Gasteiger partial charge in [0, 0.05) is 0 Å². The van der Waals surface area contributed by atoms with Gasteiger partial charge >= 0.3 is 0 Å². The minimum Gasteiger partial charge on any atom is -0.207 e. The minimum atomic E-state index is -0.232. The van der Waals surface area contributed by atoms with Crippen molar-refractivity contribution in [3.05, 3.63) is 35.6 Å². The van der Waals surface area contributed by atoms with Crippen LogP contribution in [0, 0.1) is 23.1 Å². The fourth-order valence-corrected chi connectivity index (χ4v) is 2.59. The molecule has 16 heavy (non-hydrogen) atoms. The molecule has 1 saturated carbocycles. The van der Waals surface area contributed by atoms with Crippen molar-refractivity contribution >= 4 is 0 Å². The average Bonchev–Trinajstić information content (AvgIpc) is 2.34. The van der Waals surface area contributed by atoms with Crippen LogP contribution in [0.4, 0.5) is 4.39 Å². The van der Waals surface area contributed by atoms with E-state index in [2.05, 4.69) is 6.07 Å². The smallest absolute Gasteiger partial charge is 0.123 e. The van der Waals surface area contributed by atoms with Crippen molar-refractivity contribution in [1.82, 2.24) is 0 Å². The van der Waals surface area contributed by atoms with Crippen LogP contribution < -0.4 is 0 Å². The molecule has 0 N–H and O–H groups in total. The van der Waals surface area contributed by atoms with E-state index >= 15 is 0 Å². The summed E-state index contributed by atoms with van der Waals surface area (Å²) < 4.78 is 12.8. The molecule has 0 amide bonds. The molecule has 0 radical (unpaired) electrons. The number of hydrogen-bond donors (Lipinski definition) is 0.